The van der Waals surface area contributed by atoms with Crippen LogP contribution in [0.25, 0.3) is 99.6 Å². The third-order valence-corrected chi connectivity index (χ3v) is 11.9. The quantitative estimate of drug-likeness (QED) is 0.0770. The van der Waals surface area contributed by atoms with Crippen molar-refractivity contribution in [1.29, 1.82) is 0 Å². The number of hydrogen-bond donors (Lipinski definition) is 3. The highest BCUT2D eigenvalue weighted by Crippen LogP contribution is 2.48. The molecule has 0 aliphatic carbocycles. The molecule has 0 fully saturated rings. The first kappa shape index (κ1) is 45.3. The molecule has 3 N–H and O–H groups in total. The monoisotopic (exact) mass is 848 g/mol. The maximum absolute atomic E-state index is 10.7. The molecule has 0 radical (unpaired) electrons. The predicted octanol–water partition coefficient (Wildman–Crippen LogP) is 17.4. The first-order valence-corrected chi connectivity index (χ1v) is 22.2. The second-order valence-corrected chi connectivity index (χ2v) is 15.5. The highest BCUT2D eigenvalue weighted by atomic mass is 16.3. The Morgan fingerprint density at radius 1 is 0.492 bits per heavy atom. The van der Waals surface area contributed by atoms with E-state index in [-0.39, 0.29) is 11.5 Å². The van der Waals surface area contributed by atoms with Crippen molar-refractivity contribution in [2.24, 2.45) is 0 Å². The average Bonchev–Trinajstić information content (AvgIpc) is 3.36. The normalized spacial score (nSPS) is 11.8. The number of aryl methyl sites for hydroxylation is 1. The second kappa shape index (κ2) is 20.6. The van der Waals surface area contributed by atoms with E-state index in [4.69, 9.17) is 5.11 Å². The molecule has 9 aromatic rings. The number of aliphatic hydroxyl groups is 3. The summed E-state index contributed by atoms with van der Waals surface area (Å²) in [4.78, 5) is 0. The topological polar surface area (TPSA) is 60.7 Å². The summed E-state index contributed by atoms with van der Waals surface area (Å²) < 4.78 is 0. The third kappa shape index (κ3) is 8.80. The number of aliphatic hydroxyl groups excluding tert-OH is 3. The molecule has 9 aromatic carbocycles. The van der Waals surface area contributed by atoms with Gasteiger partial charge in [0, 0.05) is 7.11 Å². The zero-order valence-electron chi connectivity index (χ0n) is 38.1. The van der Waals surface area contributed by atoms with Gasteiger partial charge in [0.2, 0.25) is 0 Å². The molecule has 3 heteroatoms. The number of rotatable bonds is 9. The minimum absolute atomic E-state index is 0.150. The van der Waals surface area contributed by atoms with Crippen molar-refractivity contribution in [1.82, 2.24) is 0 Å². The molecule has 65 heavy (non-hydrogen) atoms. The third-order valence-electron chi connectivity index (χ3n) is 11.9. The number of allylic oxidation sites excluding steroid dienone is 5. The molecule has 0 spiro atoms. The Morgan fingerprint density at radius 3 is 1.52 bits per heavy atom. The largest absolute Gasteiger partial charge is 0.509 e. The minimum atomic E-state index is -0.194. The van der Waals surface area contributed by atoms with Crippen LogP contribution in [0.2, 0.25) is 0 Å². The van der Waals surface area contributed by atoms with E-state index < -0.39 is 0 Å². The van der Waals surface area contributed by atoms with E-state index in [1.165, 1.54) is 51.1 Å². The fourth-order valence-corrected chi connectivity index (χ4v) is 9.06. The molecule has 0 saturated carbocycles. The summed E-state index contributed by atoms with van der Waals surface area (Å²) in [7, 11) is 1.00. The van der Waals surface area contributed by atoms with Crippen LogP contribution in [0, 0.1) is 6.92 Å². The second-order valence-electron chi connectivity index (χ2n) is 15.5. The highest BCUT2D eigenvalue weighted by molar-refractivity contribution is 6.20. The summed E-state index contributed by atoms with van der Waals surface area (Å²) in [6.45, 7) is 13.9. The van der Waals surface area contributed by atoms with Crippen LogP contribution in [0.4, 0.5) is 0 Å². The van der Waals surface area contributed by atoms with Crippen LogP contribution in [-0.2, 0) is 0 Å². The van der Waals surface area contributed by atoms with Gasteiger partial charge in [-0.15, -0.1) is 0 Å². The number of fused-ring (bicyclic) bond motifs is 3. The van der Waals surface area contributed by atoms with Gasteiger partial charge in [-0.2, -0.15) is 0 Å². The number of hydrogen-bond acceptors (Lipinski definition) is 3. The predicted molar refractivity (Wildman–Crippen MR) is 281 cm³/mol. The lowest BCUT2D eigenvalue weighted by Gasteiger charge is -2.22. The van der Waals surface area contributed by atoms with Crippen LogP contribution < -0.4 is 0 Å². The van der Waals surface area contributed by atoms with Gasteiger partial charge in [0.1, 0.15) is 5.76 Å². The molecule has 0 unspecified atom stereocenters. The van der Waals surface area contributed by atoms with Gasteiger partial charge in [0.15, 0.2) is 5.76 Å². The fourth-order valence-electron chi connectivity index (χ4n) is 9.06. The first-order chi connectivity index (χ1) is 31.9. The fraction of sp³-hybridized carbons (Fsp3) is 0.0968. The maximum Gasteiger partial charge on any atom is 0.153 e. The Balaban J connectivity index is 0.00000153. The van der Waals surface area contributed by atoms with Crippen LogP contribution in [0.1, 0.15) is 44.4 Å². The molecule has 0 aromatic heterocycles. The van der Waals surface area contributed by atoms with Gasteiger partial charge in [-0.25, -0.2) is 0 Å². The van der Waals surface area contributed by atoms with Gasteiger partial charge < -0.3 is 15.3 Å². The summed E-state index contributed by atoms with van der Waals surface area (Å²) in [6.07, 6.45) is 7.69. The average molecular weight is 849 g/mol. The van der Waals surface area contributed by atoms with Gasteiger partial charge >= 0.3 is 0 Å². The molecule has 9 rings (SSSR count). The van der Waals surface area contributed by atoms with Gasteiger partial charge in [-0.1, -0.05) is 209 Å². The van der Waals surface area contributed by atoms with Crippen molar-refractivity contribution in [3.8, 4) is 55.6 Å². The Kier molecular flexibility index (Phi) is 14.4. The zero-order chi connectivity index (χ0) is 46.0. The summed E-state index contributed by atoms with van der Waals surface area (Å²) in [5.41, 5.74) is 15.6. The van der Waals surface area contributed by atoms with E-state index >= 15 is 0 Å². The Morgan fingerprint density at radius 2 is 0.938 bits per heavy atom. The molecule has 0 saturated heterocycles. The van der Waals surface area contributed by atoms with Crippen LogP contribution in [0.15, 0.2) is 212 Å². The molecule has 0 aliphatic rings. The van der Waals surface area contributed by atoms with Gasteiger partial charge in [-0.05, 0) is 143 Å². The van der Waals surface area contributed by atoms with E-state index in [1.54, 1.807) is 12.2 Å². The first-order valence-electron chi connectivity index (χ1n) is 22.2. The molecule has 0 amide bonds. The van der Waals surface area contributed by atoms with E-state index in [9.17, 15) is 10.2 Å². The van der Waals surface area contributed by atoms with Crippen molar-refractivity contribution >= 4 is 44.0 Å². The lowest BCUT2D eigenvalue weighted by atomic mass is 9.81. The maximum atomic E-state index is 10.7. The lowest BCUT2D eigenvalue weighted by Crippen LogP contribution is -1.96. The Bertz CT molecular complexity index is 3200. The van der Waals surface area contributed by atoms with Crippen molar-refractivity contribution in [2.75, 3.05) is 7.11 Å². The van der Waals surface area contributed by atoms with E-state index in [2.05, 4.69) is 209 Å². The summed E-state index contributed by atoms with van der Waals surface area (Å²) in [6, 6.07) is 63.3. The van der Waals surface area contributed by atoms with Crippen LogP contribution >= 0.6 is 0 Å². The van der Waals surface area contributed by atoms with Crippen LogP contribution in [-0.4, -0.2) is 22.4 Å². The summed E-state index contributed by atoms with van der Waals surface area (Å²) >= 11 is 0. The van der Waals surface area contributed by atoms with Gasteiger partial charge in [0.05, 0.1) is 0 Å². The molecule has 0 heterocycles. The smallest absolute Gasteiger partial charge is 0.153 e. The molecular weight excluding hydrogens is 793 g/mol. The number of benzene rings is 9. The minimum Gasteiger partial charge on any atom is -0.509 e. The lowest BCUT2D eigenvalue weighted by molar-refractivity contribution is 0.340. The van der Waals surface area contributed by atoms with Crippen molar-refractivity contribution < 1.29 is 15.3 Å². The zero-order valence-corrected chi connectivity index (χ0v) is 38.1. The molecule has 0 atom stereocenters. The van der Waals surface area contributed by atoms with Crippen LogP contribution in [0.5, 0.6) is 0 Å². The standard InChI is InChI=1S/C59H46O2.C2H6.CH4O/c1-5-19-43-38(3)20-17-32-45(43)47-24-9-10-26-49(47)51-35-34-42(36-56(51)50-27-12-11-25-48(50)46-33-18-22-41-21-7-8-23-44(41)46)59-54-30-15-13-28-52(54)58(53-29-14-16-31-55(53)59)40(6-2)37-57(61)39(4)60;2*1-2/h5-37,60-61H,2H2,1,3-4H3;1-2H3;2H,1H3/b19-5-,40-37+,57-39-;;. The highest BCUT2D eigenvalue weighted by Gasteiger charge is 2.22. The molecular formula is C62H56O3. The Hall–Kier alpha value is -7.72. The molecule has 322 valence electrons. The molecule has 0 bridgehead atoms. The Labute approximate surface area is 384 Å². The van der Waals surface area contributed by atoms with E-state index in [0.717, 1.165) is 73.2 Å². The van der Waals surface area contributed by atoms with Crippen molar-refractivity contribution in [3.05, 3.63) is 229 Å². The summed E-state index contributed by atoms with van der Waals surface area (Å²) in [5.74, 6) is -0.344. The SMILES string of the molecule is C=C/C(=C\C(O)=C(/C)O)c1c2ccccc2c(-c2ccc(-c3ccccc3-c3cccc(C)c3/C=C\C)c(-c3ccccc3-c3cccc4ccccc34)c2)c2ccccc12.CC.CO. The molecule has 0 aliphatic heterocycles. The van der Waals surface area contributed by atoms with Crippen molar-refractivity contribution in [3.63, 3.8) is 0 Å². The van der Waals surface area contributed by atoms with E-state index in [1.807, 2.05) is 13.8 Å². The van der Waals surface area contributed by atoms with Crippen molar-refractivity contribution in [2.45, 2.75) is 34.6 Å². The van der Waals surface area contributed by atoms with Gasteiger partial charge in [-0.3, -0.25) is 0 Å². The summed E-state index contributed by atoms with van der Waals surface area (Å²) in [5, 5.41) is 34.5. The molecule has 3 nitrogen and oxygen atoms in total. The van der Waals surface area contributed by atoms with E-state index in [0.29, 0.717) is 0 Å². The van der Waals surface area contributed by atoms with Gasteiger partial charge in [0.25, 0.3) is 0 Å². The van der Waals surface area contributed by atoms with Crippen LogP contribution in [0.3, 0.4) is 0 Å².